The van der Waals surface area contributed by atoms with Crippen LogP contribution in [0.4, 0.5) is 15.9 Å². The molecular formula is C20H27FN4O. The van der Waals surface area contributed by atoms with Gasteiger partial charge in [0.2, 0.25) is 0 Å². The van der Waals surface area contributed by atoms with E-state index in [0.29, 0.717) is 18.0 Å². The molecule has 1 aliphatic heterocycles. The van der Waals surface area contributed by atoms with Crippen LogP contribution >= 0.6 is 0 Å². The Morgan fingerprint density at radius 1 is 1.35 bits per heavy atom. The molecule has 0 amide bonds. The first-order valence-electron chi connectivity index (χ1n) is 9.02. The van der Waals surface area contributed by atoms with Gasteiger partial charge in [0.05, 0.1) is 0 Å². The Bertz CT molecular complexity index is 723. The van der Waals surface area contributed by atoms with E-state index in [1.807, 2.05) is 26.0 Å². The Morgan fingerprint density at radius 2 is 2.12 bits per heavy atom. The highest BCUT2D eigenvalue weighted by molar-refractivity contribution is 5.56. The highest BCUT2D eigenvalue weighted by Gasteiger charge is 2.21. The second-order valence-electron chi connectivity index (χ2n) is 6.56. The molecule has 0 radical (unpaired) electrons. The summed E-state index contributed by atoms with van der Waals surface area (Å²) in [6.45, 7) is 5.90. The van der Waals surface area contributed by atoms with Crippen LogP contribution in [-0.2, 0) is 4.79 Å². The molecule has 1 aromatic carbocycles. The van der Waals surface area contributed by atoms with Gasteiger partial charge in [0.1, 0.15) is 23.7 Å². The molecule has 0 spiro atoms. The fraction of sp³-hybridized carbons (Fsp3) is 0.450. The van der Waals surface area contributed by atoms with E-state index in [-0.39, 0.29) is 5.82 Å². The van der Waals surface area contributed by atoms with E-state index in [1.165, 1.54) is 18.6 Å². The summed E-state index contributed by atoms with van der Waals surface area (Å²) < 4.78 is 13.3. The summed E-state index contributed by atoms with van der Waals surface area (Å²) in [5.41, 5.74) is 1.63. The van der Waals surface area contributed by atoms with Crippen LogP contribution in [0.15, 0.2) is 30.3 Å². The minimum Gasteiger partial charge on any atom is -0.340 e. The molecule has 1 saturated heterocycles. The van der Waals surface area contributed by atoms with Crippen molar-refractivity contribution >= 4 is 17.8 Å². The Morgan fingerprint density at radius 3 is 2.77 bits per heavy atom. The molecule has 1 unspecified atom stereocenters. The van der Waals surface area contributed by atoms with Crippen LogP contribution in [0.3, 0.4) is 0 Å². The number of likely N-dealkylation sites (N-methyl/N-ethyl adjacent to an activating group) is 1. The van der Waals surface area contributed by atoms with Crippen LogP contribution in [-0.4, -0.2) is 41.3 Å². The number of likely N-dealkylation sites (tertiary alicyclic amines) is 1. The van der Waals surface area contributed by atoms with Gasteiger partial charge in [-0.3, -0.25) is 0 Å². The quantitative estimate of drug-likeness (QED) is 0.835. The first-order valence-corrected chi connectivity index (χ1v) is 9.02. The Labute approximate surface area is 154 Å². The Kier molecular flexibility index (Phi) is 7.66. The van der Waals surface area contributed by atoms with Crippen molar-refractivity contribution in [1.29, 1.82) is 0 Å². The summed E-state index contributed by atoms with van der Waals surface area (Å²) in [6, 6.07) is 8.30. The van der Waals surface area contributed by atoms with Crippen molar-refractivity contribution in [3.8, 4) is 0 Å². The first-order chi connectivity index (χ1) is 12.5. The summed E-state index contributed by atoms with van der Waals surface area (Å²) in [5, 5.41) is 3.17. The zero-order valence-electron chi connectivity index (χ0n) is 15.7. The van der Waals surface area contributed by atoms with Crippen LogP contribution in [0, 0.1) is 12.7 Å². The van der Waals surface area contributed by atoms with Crippen molar-refractivity contribution in [2.45, 2.75) is 39.0 Å². The van der Waals surface area contributed by atoms with Gasteiger partial charge < -0.3 is 15.0 Å². The fourth-order valence-corrected chi connectivity index (χ4v) is 2.93. The highest BCUT2D eigenvalue weighted by Crippen LogP contribution is 2.25. The van der Waals surface area contributed by atoms with Gasteiger partial charge in [-0.25, -0.2) is 14.4 Å². The van der Waals surface area contributed by atoms with Gasteiger partial charge in [0.15, 0.2) is 0 Å². The number of nitrogens with one attached hydrogen (secondary N) is 1. The molecule has 0 aliphatic carbocycles. The molecule has 6 heteroatoms. The zero-order chi connectivity index (χ0) is 18.9. The smallest absolute Gasteiger partial charge is 0.135 e. The third-order valence-electron chi connectivity index (χ3n) is 4.12. The van der Waals surface area contributed by atoms with E-state index in [4.69, 9.17) is 0 Å². The summed E-state index contributed by atoms with van der Waals surface area (Å²) in [6.07, 6.45) is 3.80. The number of anilines is 2. The maximum atomic E-state index is 13.3. The molecule has 1 N–H and O–H groups in total. The third-order valence-corrected chi connectivity index (χ3v) is 4.12. The van der Waals surface area contributed by atoms with Crippen molar-refractivity contribution < 1.29 is 9.18 Å². The normalized spacial score (nSPS) is 17.2. The lowest BCUT2D eigenvalue weighted by Gasteiger charge is -2.28. The monoisotopic (exact) mass is 358 g/mol. The van der Waals surface area contributed by atoms with E-state index in [9.17, 15) is 9.18 Å². The molecule has 140 valence electrons. The number of aromatic nitrogens is 2. The number of nitrogens with zero attached hydrogens (tertiary/aromatic N) is 3. The van der Waals surface area contributed by atoms with Crippen molar-refractivity contribution in [3.63, 3.8) is 0 Å². The van der Waals surface area contributed by atoms with Crippen LogP contribution in [0.1, 0.15) is 43.6 Å². The van der Waals surface area contributed by atoms with Crippen LogP contribution < -0.4 is 5.32 Å². The van der Waals surface area contributed by atoms with E-state index < -0.39 is 0 Å². The Hall–Kier alpha value is -2.34. The molecule has 5 nitrogen and oxygen atoms in total. The number of rotatable bonds is 4. The van der Waals surface area contributed by atoms with Gasteiger partial charge in [-0.15, -0.1) is 0 Å². The predicted molar refractivity (Wildman–Crippen MR) is 102 cm³/mol. The molecule has 1 aliphatic rings. The van der Waals surface area contributed by atoms with Crippen molar-refractivity contribution in [2.75, 3.05) is 25.5 Å². The number of aldehydes is 1. The molecular weight excluding hydrogens is 331 g/mol. The first kappa shape index (κ1) is 20.0. The van der Waals surface area contributed by atoms with E-state index >= 15 is 0 Å². The maximum Gasteiger partial charge on any atom is 0.135 e. The van der Waals surface area contributed by atoms with Gasteiger partial charge in [0, 0.05) is 36.3 Å². The third kappa shape index (κ3) is 6.19. The van der Waals surface area contributed by atoms with Crippen LogP contribution in [0.2, 0.25) is 0 Å². The minimum absolute atomic E-state index is 0.259. The van der Waals surface area contributed by atoms with Crippen LogP contribution in [0.25, 0.3) is 0 Å². The maximum absolute atomic E-state index is 13.3. The second kappa shape index (κ2) is 9.97. The number of hydrogen-bond donors (Lipinski definition) is 1. The highest BCUT2D eigenvalue weighted by atomic mass is 19.1. The molecule has 0 bridgehead atoms. The average Bonchev–Trinajstić information content (AvgIpc) is 2.61. The molecule has 2 aromatic rings. The van der Waals surface area contributed by atoms with Gasteiger partial charge in [-0.2, -0.15) is 0 Å². The van der Waals surface area contributed by atoms with Crippen molar-refractivity contribution in [2.24, 2.45) is 0 Å². The fourth-order valence-electron chi connectivity index (χ4n) is 2.93. The van der Waals surface area contributed by atoms with E-state index in [0.717, 1.165) is 43.1 Å². The largest absolute Gasteiger partial charge is 0.340 e. The number of benzene rings is 1. The second-order valence-corrected chi connectivity index (χ2v) is 6.56. The standard InChI is InChI=1S/C17H21FN4.C3H6O/c1-12-9-16(20-15-7-3-6-14(18)10-15)21-17(19-12)13-5-4-8-22(2)11-13;1-2-3-4/h3,6-7,9-10,13H,4-5,8,11H2,1-2H3,(H,19,20,21);3H,2H2,1H3. The lowest BCUT2D eigenvalue weighted by atomic mass is 9.97. The summed E-state index contributed by atoms with van der Waals surface area (Å²) in [7, 11) is 2.13. The van der Waals surface area contributed by atoms with Gasteiger partial charge in [-0.05, 0) is 51.6 Å². The lowest BCUT2D eigenvalue weighted by molar-refractivity contribution is -0.107. The molecule has 1 fully saturated rings. The Balaban J connectivity index is 0.000000552. The molecule has 1 atom stereocenters. The SMILES string of the molecule is CCC=O.Cc1cc(Nc2cccc(F)c2)nc(C2CCCN(C)C2)n1. The van der Waals surface area contributed by atoms with Gasteiger partial charge >= 0.3 is 0 Å². The van der Waals surface area contributed by atoms with E-state index in [2.05, 4.69) is 27.2 Å². The topological polar surface area (TPSA) is 58.1 Å². The molecule has 2 heterocycles. The number of halogens is 1. The van der Waals surface area contributed by atoms with Crippen LogP contribution in [0.5, 0.6) is 0 Å². The average molecular weight is 358 g/mol. The summed E-state index contributed by atoms with van der Waals surface area (Å²) >= 11 is 0. The number of carbonyl (C=O) groups is 1. The number of carbonyl (C=O) groups excluding carboxylic acids is 1. The molecule has 1 aromatic heterocycles. The van der Waals surface area contributed by atoms with Crippen molar-refractivity contribution in [1.82, 2.24) is 14.9 Å². The molecule has 0 saturated carbocycles. The predicted octanol–water partition coefficient (Wildman–Crippen LogP) is 4.07. The zero-order valence-corrected chi connectivity index (χ0v) is 15.7. The summed E-state index contributed by atoms with van der Waals surface area (Å²) in [5.74, 6) is 1.71. The number of hydrogen-bond acceptors (Lipinski definition) is 5. The van der Waals surface area contributed by atoms with Gasteiger partial charge in [0.25, 0.3) is 0 Å². The van der Waals surface area contributed by atoms with Gasteiger partial charge in [-0.1, -0.05) is 13.0 Å². The van der Waals surface area contributed by atoms with Crippen molar-refractivity contribution in [3.05, 3.63) is 47.7 Å². The number of aryl methyl sites for hydroxylation is 1. The minimum atomic E-state index is -0.259. The van der Waals surface area contributed by atoms with E-state index in [1.54, 1.807) is 6.07 Å². The number of piperidine rings is 1. The summed E-state index contributed by atoms with van der Waals surface area (Å²) in [4.78, 5) is 20.7. The lowest BCUT2D eigenvalue weighted by Crippen LogP contribution is -2.31. The molecule has 26 heavy (non-hydrogen) atoms. The molecule has 3 rings (SSSR count).